The molecule has 0 saturated heterocycles. The smallest absolute Gasteiger partial charge is 0.160 e. The van der Waals surface area contributed by atoms with Gasteiger partial charge in [0.1, 0.15) is 11.2 Å². The molecular formula is C53H32N4O. The van der Waals surface area contributed by atoms with E-state index < -0.39 is 5.41 Å². The lowest BCUT2D eigenvalue weighted by atomic mass is 9.65. The number of rotatable bonds is 4. The Kier molecular flexibility index (Phi) is 7.07. The molecule has 7 aromatic carbocycles. The highest BCUT2D eigenvalue weighted by molar-refractivity contribution is 6.08. The normalized spacial score (nSPS) is 14.9. The molecule has 0 aliphatic heterocycles. The third-order valence-corrected chi connectivity index (χ3v) is 11.8. The highest BCUT2D eigenvalue weighted by atomic mass is 16.3. The van der Waals surface area contributed by atoms with E-state index in [0.29, 0.717) is 11.6 Å². The van der Waals surface area contributed by atoms with Crippen LogP contribution < -0.4 is 0 Å². The second-order valence-corrected chi connectivity index (χ2v) is 15.0. The molecular weight excluding hydrogens is 709 g/mol. The summed E-state index contributed by atoms with van der Waals surface area (Å²) in [5, 5.41) is 2.24. The lowest BCUT2D eigenvalue weighted by Crippen LogP contribution is -2.30. The van der Waals surface area contributed by atoms with E-state index in [1.165, 1.54) is 38.9 Å². The minimum absolute atomic E-state index is 0.627. The van der Waals surface area contributed by atoms with E-state index in [-0.39, 0.29) is 0 Å². The highest BCUT2D eigenvalue weighted by Gasteiger charge is 2.49. The fourth-order valence-corrected chi connectivity index (χ4v) is 9.23. The number of nitrogens with zero attached hydrogens (tertiary/aromatic N) is 4. The molecule has 58 heavy (non-hydrogen) atoms. The standard InChI is InChI=1S/C53H32N4O/c1-3-14-35(15-4-1)47-30-48(38-31-54-51(55-32-38)36-16-5-2-6-17-36)57-52(56-47)37-26-25-34-24-23-33-13-7-10-20-43(33)53(45(34)27-37)44-21-11-8-18-39(44)41-28-42-40-19-9-12-22-49(40)58-50(42)29-46(41)53/h1-32H. The predicted octanol–water partition coefficient (Wildman–Crippen LogP) is 12.7. The van der Waals surface area contributed by atoms with Crippen LogP contribution in [0.1, 0.15) is 33.4 Å². The summed E-state index contributed by atoms with van der Waals surface area (Å²) >= 11 is 0. The molecule has 5 nitrogen and oxygen atoms in total. The first kappa shape index (κ1) is 32.5. The van der Waals surface area contributed by atoms with Crippen LogP contribution in [0.4, 0.5) is 0 Å². The van der Waals surface area contributed by atoms with Gasteiger partial charge in [0.05, 0.1) is 16.8 Å². The zero-order valence-corrected chi connectivity index (χ0v) is 31.2. The van der Waals surface area contributed by atoms with Crippen LogP contribution in [0.2, 0.25) is 0 Å². The fraction of sp³-hybridized carbons (Fsp3) is 0.0189. The Morgan fingerprint density at radius 3 is 1.84 bits per heavy atom. The monoisotopic (exact) mass is 740 g/mol. The van der Waals surface area contributed by atoms with Crippen molar-refractivity contribution in [2.24, 2.45) is 0 Å². The predicted molar refractivity (Wildman–Crippen MR) is 233 cm³/mol. The van der Waals surface area contributed by atoms with Gasteiger partial charge in [-0.25, -0.2) is 19.9 Å². The molecule has 0 fully saturated rings. The highest BCUT2D eigenvalue weighted by Crippen LogP contribution is 2.59. The van der Waals surface area contributed by atoms with Gasteiger partial charge in [-0.05, 0) is 74.8 Å². The third kappa shape index (κ3) is 4.83. The number of fused-ring (bicyclic) bond motifs is 12. The van der Waals surface area contributed by atoms with Crippen LogP contribution >= 0.6 is 0 Å². The van der Waals surface area contributed by atoms with E-state index >= 15 is 0 Å². The largest absolute Gasteiger partial charge is 0.456 e. The lowest BCUT2D eigenvalue weighted by molar-refractivity contribution is 0.666. The molecule has 12 rings (SSSR count). The van der Waals surface area contributed by atoms with Crippen LogP contribution in [0.3, 0.4) is 0 Å². The van der Waals surface area contributed by atoms with Gasteiger partial charge in [0, 0.05) is 45.4 Å². The number of aromatic nitrogens is 4. The van der Waals surface area contributed by atoms with Crippen molar-refractivity contribution in [1.29, 1.82) is 0 Å². The van der Waals surface area contributed by atoms with E-state index in [9.17, 15) is 0 Å². The first-order valence-corrected chi connectivity index (χ1v) is 19.5. The first-order valence-electron chi connectivity index (χ1n) is 19.5. The van der Waals surface area contributed by atoms with Gasteiger partial charge < -0.3 is 4.42 Å². The molecule has 0 bridgehead atoms. The molecule has 2 aliphatic rings. The van der Waals surface area contributed by atoms with Crippen LogP contribution in [0.15, 0.2) is 187 Å². The molecule has 0 radical (unpaired) electrons. The summed E-state index contributed by atoms with van der Waals surface area (Å²) in [4.78, 5) is 20.0. The number of hydrogen-bond donors (Lipinski definition) is 0. The van der Waals surface area contributed by atoms with Gasteiger partial charge in [0.2, 0.25) is 0 Å². The average molecular weight is 741 g/mol. The number of furan rings is 1. The second-order valence-electron chi connectivity index (χ2n) is 15.0. The van der Waals surface area contributed by atoms with Crippen LogP contribution in [-0.4, -0.2) is 19.9 Å². The second kappa shape index (κ2) is 12.6. The topological polar surface area (TPSA) is 64.7 Å². The van der Waals surface area contributed by atoms with Crippen LogP contribution in [0, 0.1) is 0 Å². The van der Waals surface area contributed by atoms with Gasteiger partial charge in [-0.1, -0.05) is 152 Å². The minimum Gasteiger partial charge on any atom is -0.456 e. The molecule has 0 amide bonds. The Morgan fingerprint density at radius 1 is 0.379 bits per heavy atom. The average Bonchev–Trinajstić information content (AvgIpc) is 3.75. The van der Waals surface area contributed by atoms with Crippen molar-refractivity contribution >= 4 is 34.1 Å². The van der Waals surface area contributed by atoms with Gasteiger partial charge in [-0.3, -0.25) is 0 Å². The maximum absolute atomic E-state index is 6.61. The molecule has 1 unspecified atom stereocenters. The SMILES string of the molecule is C1=Cc2ccc(-c3nc(-c4ccccc4)cc(-c4cnc(-c5ccccc5)nc4)n3)cc2C2(c3ccccc31)c1ccccc1-c1cc3c(cc12)oc1ccccc13. The summed E-state index contributed by atoms with van der Waals surface area (Å²) in [6.07, 6.45) is 8.22. The van der Waals surface area contributed by atoms with Crippen LogP contribution in [0.25, 0.3) is 90.5 Å². The Balaban J connectivity index is 1.11. The van der Waals surface area contributed by atoms with Crippen LogP contribution in [0.5, 0.6) is 0 Å². The van der Waals surface area contributed by atoms with Gasteiger partial charge in [0.15, 0.2) is 11.6 Å². The van der Waals surface area contributed by atoms with Crippen molar-refractivity contribution in [2.75, 3.05) is 0 Å². The van der Waals surface area contributed by atoms with Crippen molar-refractivity contribution in [2.45, 2.75) is 5.41 Å². The fourth-order valence-electron chi connectivity index (χ4n) is 9.23. The number of para-hydroxylation sites is 1. The van der Waals surface area contributed by atoms with Crippen molar-refractivity contribution in [3.8, 4) is 56.4 Å². The number of hydrogen-bond acceptors (Lipinski definition) is 5. The van der Waals surface area contributed by atoms with Crippen molar-refractivity contribution in [3.05, 3.63) is 216 Å². The van der Waals surface area contributed by atoms with E-state index in [1.807, 2.05) is 73.1 Å². The molecule has 0 saturated carbocycles. The summed E-state index contributed by atoms with van der Waals surface area (Å²) in [5.74, 6) is 1.30. The molecule has 2 aliphatic carbocycles. The summed E-state index contributed by atoms with van der Waals surface area (Å²) in [6, 6.07) is 59.7. The van der Waals surface area contributed by atoms with Gasteiger partial charge in [0.25, 0.3) is 0 Å². The molecule has 3 aromatic heterocycles. The van der Waals surface area contributed by atoms with E-state index in [1.54, 1.807) is 0 Å². The van der Waals surface area contributed by atoms with E-state index in [0.717, 1.165) is 61.1 Å². The Morgan fingerprint density at radius 2 is 1.03 bits per heavy atom. The van der Waals surface area contributed by atoms with Gasteiger partial charge >= 0.3 is 0 Å². The third-order valence-electron chi connectivity index (χ3n) is 11.8. The molecule has 3 heterocycles. The Bertz CT molecular complexity index is 3280. The van der Waals surface area contributed by atoms with Gasteiger partial charge in [-0.2, -0.15) is 0 Å². The summed E-state index contributed by atoms with van der Waals surface area (Å²) in [5.41, 5.74) is 16.0. The lowest BCUT2D eigenvalue weighted by Gasteiger charge is -2.35. The van der Waals surface area contributed by atoms with Crippen molar-refractivity contribution < 1.29 is 4.42 Å². The quantitative estimate of drug-likeness (QED) is 0.180. The summed E-state index contributed by atoms with van der Waals surface area (Å²) < 4.78 is 6.61. The summed E-state index contributed by atoms with van der Waals surface area (Å²) in [6.45, 7) is 0. The molecule has 1 atom stereocenters. The maximum Gasteiger partial charge on any atom is 0.160 e. The molecule has 0 N–H and O–H groups in total. The molecule has 5 heteroatoms. The summed E-state index contributed by atoms with van der Waals surface area (Å²) in [7, 11) is 0. The number of benzene rings is 7. The Hall–Kier alpha value is -7.76. The molecule has 10 aromatic rings. The van der Waals surface area contributed by atoms with E-state index in [4.69, 9.17) is 24.4 Å². The van der Waals surface area contributed by atoms with Gasteiger partial charge in [-0.15, -0.1) is 0 Å². The zero-order chi connectivity index (χ0) is 38.2. The zero-order valence-electron chi connectivity index (χ0n) is 31.2. The Labute approximate surface area is 334 Å². The molecule has 1 spiro atoms. The first-order chi connectivity index (χ1) is 28.7. The van der Waals surface area contributed by atoms with E-state index in [2.05, 4.69) is 121 Å². The minimum atomic E-state index is -0.661. The van der Waals surface area contributed by atoms with Crippen LogP contribution in [-0.2, 0) is 5.41 Å². The van der Waals surface area contributed by atoms with Crippen molar-refractivity contribution in [1.82, 2.24) is 19.9 Å². The maximum atomic E-state index is 6.61. The van der Waals surface area contributed by atoms with Crippen molar-refractivity contribution in [3.63, 3.8) is 0 Å². The molecule has 270 valence electrons.